The molecule has 3 N–H and O–H groups in total. The van der Waals surface area contributed by atoms with Gasteiger partial charge in [-0.25, -0.2) is 9.78 Å². The molecule has 0 aliphatic heterocycles. The smallest absolute Gasteiger partial charge is 0.421 e. The number of ether oxygens (including phenoxy) is 2. The maximum absolute atomic E-state index is 13.8. The van der Waals surface area contributed by atoms with Gasteiger partial charge in [-0.15, -0.1) is 0 Å². The van der Waals surface area contributed by atoms with Gasteiger partial charge in [0.1, 0.15) is 11.3 Å². The number of alkyl halides is 3. The zero-order valence-corrected chi connectivity index (χ0v) is 37.1. The number of anilines is 1. The Kier molecular flexibility index (Phi) is 13.7. The van der Waals surface area contributed by atoms with Crippen LogP contribution in [0, 0.1) is 0 Å². The number of aromatic nitrogens is 1. The van der Waals surface area contributed by atoms with E-state index >= 15 is 0 Å². The van der Waals surface area contributed by atoms with Crippen LogP contribution in [0.5, 0.6) is 11.6 Å². The van der Waals surface area contributed by atoms with Crippen LogP contribution in [0.4, 0.5) is 18.9 Å². The highest BCUT2D eigenvalue weighted by atomic mass is 28.4. The second-order valence-corrected chi connectivity index (χ2v) is 24.6. The molecule has 12 heteroatoms. The Morgan fingerprint density at radius 2 is 1.08 bits per heavy atom. The number of carbonyl (C=O) groups excluding carboxylic acids is 1. The van der Waals surface area contributed by atoms with Crippen molar-refractivity contribution in [3.8, 4) is 11.6 Å². The summed E-state index contributed by atoms with van der Waals surface area (Å²) in [6.45, 7) is 8.43. The summed E-state index contributed by atoms with van der Waals surface area (Å²) < 4.78 is 52.3. The molecule has 0 radical (unpaired) electrons. The minimum absolute atomic E-state index is 0.0301. The number of rotatable bonds is 17. The van der Waals surface area contributed by atoms with E-state index in [0.29, 0.717) is 31.4 Å². The van der Waals surface area contributed by atoms with Gasteiger partial charge in [-0.3, -0.25) is 0 Å². The minimum Gasteiger partial charge on any atom is -0.465 e. The van der Waals surface area contributed by atoms with Crippen LogP contribution in [0.2, 0.25) is 10.1 Å². The number of nitrogens with zero attached hydrogens (tertiary/aromatic N) is 1. The molecule has 1 heterocycles. The molecule has 318 valence electrons. The molecule has 61 heavy (non-hydrogen) atoms. The van der Waals surface area contributed by atoms with Gasteiger partial charge in [0.2, 0.25) is 5.88 Å². The fourth-order valence-corrected chi connectivity index (χ4v) is 15.8. The van der Waals surface area contributed by atoms with Gasteiger partial charge in [-0.1, -0.05) is 149 Å². The molecule has 0 saturated carbocycles. The quantitative estimate of drug-likeness (QED) is 0.0622. The van der Waals surface area contributed by atoms with Crippen LogP contribution in [0.15, 0.2) is 158 Å². The van der Waals surface area contributed by atoms with Crippen molar-refractivity contribution in [2.24, 2.45) is 0 Å². The van der Waals surface area contributed by atoms with Crippen molar-refractivity contribution in [2.45, 2.75) is 75.7 Å². The monoisotopic (exact) mass is 862 g/mol. The van der Waals surface area contributed by atoms with Gasteiger partial charge in [-0.2, -0.15) is 13.2 Å². The summed E-state index contributed by atoms with van der Waals surface area (Å²) in [7, 11) is -5.57. The predicted molar refractivity (Wildman–Crippen MR) is 241 cm³/mol. The molecule has 0 amide bonds. The standard InChI is InChI=1S/C49H53F3N2O5Si2/c1-47(2,60(56,38-19-10-6-11-20-38)39-21-12-7-13-22-39)32-30-36(31-33-48(3,4)61(57,40-23-14-8-15-24-40)41-25-16-9-17-26-41)54-44-29-28-37(35-42(44)46(55)58-5)59-45-43(49(50,51)52)27-18-34-53-45/h6-29,34-36,54,56-57H,30-33H2,1-5H3. The Labute approximate surface area is 358 Å². The molecule has 0 aliphatic rings. The van der Waals surface area contributed by atoms with E-state index in [1.807, 2.05) is 121 Å². The highest BCUT2D eigenvalue weighted by molar-refractivity contribution is 6.99. The first kappa shape index (κ1) is 45.0. The van der Waals surface area contributed by atoms with Crippen molar-refractivity contribution < 1.29 is 37.0 Å². The Morgan fingerprint density at radius 1 is 0.656 bits per heavy atom. The maximum Gasteiger partial charge on any atom is 0.421 e. The van der Waals surface area contributed by atoms with Crippen molar-refractivity contribution in [1.82, 2.24) is 4.98 Å². The Morgan fingerprint density at radius 3 is 1.48 bits per heavy atom. The van der Waals surface area contributed by atoms with E-state index in [1.165, 1.54) is 31.5 Å². The number of hydrogen-bond donors (Lipinski definition) is 3. The van der Waals surface area contributed by atoms with Crippen LogP contribution < -0.4 is 30.8 Å². The largest absolute Gasteiger partial charge is 0.465 e. The first-order valence-corrected chi connectivity index (χ1v) is 24.3. The van der Waals surface area contributed by atoms with Gasteiger partial charge in [-0.05, 0) is 86.8 Å². The van der Waals surface area contributed by atoms with Crippen LogP contribution in [0.3, 0.4) is 0 Å². The first-order chi connectivity index (χ1) is 29.0. The summed E-state index contributed by atoms with van der Waals surface area (Å²) in [6, 6.07) is 45.5. The van der Waals surface area contributed by atoms with Crippen molar-refractivity contribution in [3.63, 3.8) is 0 Å². The first-order valence-electron chi connectivity index (χ1n) is 20.4. The molecule has 5 aromatic carbocycles. The van der Waals surface area contributed by atoms with E-state index in [9.17, 15) is 27.6 Å². The summed E-state index contributed by atoms with van der Waals surface area (Å²) in [4.78, 5) is 43.2. The van der Waals surface area contributed by atoms with Crippen molar-refractivity contribution in [2.75, 3.05) is 12.4 Å². The number of esters is 1. The third-order valence-corrected chi connectivity index (χ3v) is 21.1. The highest BCUT2D eigenvalue weighted by Gasteiger charge is 2.51. The average Bonchev–Trinajstić information content (AvgIpc) is 3.27. The Hall–Kier alpha value is -5.54. The van der Waals surface area contributed by atoms with E-state index in [2.05, 4.69) is 38.0 Å². The molecule has 0 unspecified atom stereocenters. The van der Waals surface area contributed by atoms with Crippen molar-refractivity contribution >= 4 is 49.0 Å². The van der Waals surface area contributed by atoms with Crippen LogP contribution >= 0.6 is 0 Å². The number of carbonyl (C=O) groups is 1. The van der Waals surface area contributed by atoms with Gasteiger partial charge in [0.25, 0.3) is 16.6 Å². The van der Waals surface area contributed by atoms with Gasteiger partial charge >= 0.3 is 12.1 Å². The SMILES string of the molecule is COC(=O)c1cc(Oc2ncccc2C(F)(F)F)ccc1NC(CCC(C)(C)[Si](O)(c1ccccc1)c1ccccc1)CCC(C)(C)[Si](O)(c1ccccc1)c1ccccc1. The summed E-state index contributed by atoms with van der Waals surface area (Å²) >= 11 is 0. The number of nitrogens with one attached hydrogen (secondary N) is 1. The third-order valence-electron chi connectivity index (χ3n) is 12.0. The van der Waals surface area contributed by atoms with E-state index in [4.69, 9.17) is 9.47 Å². The molecule has 0 atom stereocenters. The lowest BCUT2D eigenvalue weighted by Crippen LogP contribution is -2.65. The highest BCUT2D eigenvalue weighted by Crippen LogP contribution is 2.44. The van der Waals surface area contributed by atoms with Gasteiger partial charge < -0.3 is 24.4 Å². The predicted octanol–water partition coefficient (Wildman–Crippen LogP) is 9.09. The zero-order chi connectivity index (χ0) is 43.9. The zero-order valence-electron chi connectivity index (χ0n) is 35.1. The number of hydrogen-bond acceptors (Lipinski definition) is 7. The fraction of sp³-hybridized carbons (Fsp3) is 0.265. The summed E-state index contributed by atoms with van der Waals surface area (Å²) in [5, 5.41) is 5.98. The maximum atomic E-state index is 13.8. The molecule has 0 bridgehead atoms. The molecule has 0 saturated heterocycles. The molecule has 0 fully saturated rings. The second kappa shape index (κ2) is 18.6. The van der Waals surface area contributed by atoms with Gasteiger partial charge in [0.05, 0.1) is 12.7 Å². The van der Waals surface area contributed by atoms with Crippen LogP contribution in [-0.2, 0) is 10.9 Å². The van der Waals surface area contributed by atoms with Crippen molar-refractivity contribution in [1.29, 1.82) is 0 Å². The molecule has 0 spiro atoms. The number of benzene rings is 5. The Bertz CT molecular complexity index is 2180. The van der Waals surface area contributed by atoms with Crippen molar-refractivity contribution in [3.05, 3.63) is 169 Å². The molecular weight excluding hydrogens is 810 g/mol. The minimum atomic E-state index is -4.71. The topological polar surface area (TPSA) is 101 Å². The molecule has 1 aromatic heterocycles. The molecular formula is C49H53F3N2O5Si2. The van der Waals surface area contributed by atoms with Gasteiger partial charge in [0.15, 0.2) is 0 Å². The van der Waals surface area contributed by atoms with Crippen LogP contribution in [0.1, 0.15) is 69.3 Å². The lowest BCUT2D eigenvalue weighted by molar-refractivity contribution is -0.138. The lowest BCUT2D eigenvalue weighted by atomic mass is 9.95. The number of methoxy groups -OCH3 is 1. The lowest BCUT2D eigenvalue weighted by Gasteiger charge is -2.43. The normalized spacial score (nSPS) is 12.6. The number of halogens is 3. The molecule has 6 aromatic rings. The van der Waals surface area contributed by atoms with E-state index in [1.54, 1.807) is 6.07 Å². The van der Waals surface area contributed by atoms with Crippen LogP contribution in [0.25, 0.3) is 0 Å². The van der Waals surface area contributed by atoms with Gasteiger partial charge in [0, 0.05) is 17.9 Å². The summed E-state index contributed by atoms with van der Waals surface area (Å²) in [6.07, 6.45) is -1.25. The number of pyridine rings is 1. The Balaban J connectivity index is 1.38. The second-order valence-electron chi connectivity index (χ2n) is 16.7. The average molecular weight is 863 g/mol. The van der Waals surface area contributed by atoms with Crippen LogP contribution in [-0.4, -0.2) is 50.3 Å². The fourth-order valence-electron chi connectivity index (χ4n) is 8.35. The molecule has 7 nitrogen and oxygen atoms in total. The van der Waals surface area contributed by atoms with E-state index in [-0.39, 0.29) is 17.4 Å². The summed E-state index contributed by atoms with van der Waals surface area (Å²) in [5.74, 6) is -1.39. The molecule has 0 aliphatic carbocycles. The third kappa shape index (κ3) is 9.68. The molecule has 6 rings (SSSR count). The summed E-state index contributed by atoms with van der Waals surface area (Å²) in [5.41, 5.74) is -0.591. The van der Waals surface area contributed by atoms with E-state index < -0.39 is 50.3 Å². The van der Waals surface area contributed by atoms with E-state index in [0.717, 1.165) is 26.8 Å².